The average Bonchev–Trinajstić information content (AvgIpc) is 2.96. The van der Waals surface area contributed by atoms with Crippen LogP contribution in [-0.4, -0.2) is 51.0 Å². The number of primary amides is 1. The van der Waals surface area contributed by atoms with E-state index in [1.165, 1.54) is 5.69 Å². The Hall–Kier alpha value is -3.92. The van der Waals surface area contributed by atoms with Gasteiger partial charge in [-0.15, -0.1) is 0 Å². The Morgan fingerprint density at radius 1 is 0.902 bits per heavy atom. The molecule has 3 aromatic rings. The summed E-state index contributed by atoms with van der Waals surface area (Å²) in [4.78, 5) is 38.6. The zero-order valence-corrected chi connectivity index (χ0v) is 25.3. The van der Waals surface area contributed by atoms with E-state index in [0.717, 1.165) is 37.8 Å². The first kappa shape index (κ1) is 33.3. The molecule has 0 bridgehead atoms. The number of ether oxygens (including phenoxy) is 1. The maximum absolute atomic E-state index is 12.5. The molecular formula is C31H40BrN5O4. The van der Waals surface area contributed by atoms with Crippen molar-refractivity contribution in [3.05, 3.63) is 90.3 Å². The first-order valence-electron chi connectivity index (χ1n) is 13.6. The molecule has 0 aliphatic carbocycles. The largest absolute Gasteiger partial charge is 1.00 e. The number of pyridine rings is 1. The van der Waals surface area contributed by atoms with Gasteiger partial charge in [0, 0.05) is 50.3 Å². The van der Waals surface area contributed by atoms with E-state index in [-0.39, 0.29) is 29.9 Å². The van der Waals surface area contributed by atoms with Gasteiger partial charge in [0.15, 0.2) is 12.4 Å². The Balaban J connectivity index is 0.00000588. The third kappa shape index (κ3) is 12.0. The molecule has 1 heterocycles. The van der Waals surface area contributed by atoms with Crippen LogP contribution >= 0.6 is 0 Å². The summed E-state index contributed by atoms with van der Waals surface area (Å²) < 4.78 is 8.01. The van der Waals surface area contributed by atoms with Gasteiger partial charge in [-0.05, 0) is 49.1 Å². The van der Waals surface area contributed by atoms with Gasteiger partial charge in [-0.25, -0.2) is 4.57 Å². The van der Waals surface area contributed by atoms with Crippen LogP contribution in [0.5, 0.6) is 5.75 Å². The van der Waals surface area contributed by atoms with E-state index in [0.29, 0.717) is 17.9 Å². The molecule has 0 aliphatic heterocycles. The minimum atomic E-state index is -0.859. The molecule has 1 unspecified atom stereocenters. The van der Waals surface area contributed by atoms with Gasteiger partial charge in [-0.2, -0.15) is 0 Å². The number of anilines is 1. The number of hydrogen-bond acceptors (Lipinski definition) is 5. The number of aryl methyl sites for hydroxylation is 1. The van der Waals surface area contributed by atoms with Gasteiger partial charge < -0.3 is 43.0 Å². The number of carbonyl (C=O) groups is 3. The van der Waals surface area contributed by atoms with Gasteiger partial charge in [0.05, 0.1) is 13.2 Å². The Labute approximate surface area is 252 Å². The summed E-state index contributed by atoms with van der Waals surface area (Å²) in [7, 11) is 4.07. The van der Waals surface area contributed by atoms with E-state index >= 15 is 0 Å². The van der Waals surface area contributed by atoms with E-state index in [9.17, 15) is 14.4 Å². The van der Waals surface area contributed by atoms with Crippen LogP contribution in [0.25, 0.3) is 0 Å². The normalized spacial score (nSPS) is 11.1. The second-order valence-corrected chi connectivity index (χ2v) is 9.87. The predicted octanol–water partition coefficient (Wildman–Crippen LogP) is -0.374. The molecule has 0 fully saturated rings. The van der Waals surface area contributed by atoms with Gasteiger partial charge in [-0.1, -0.05) is 30.3 Å². The third-order valence-electron chi connectivity index (χ3n) is 6.46. The number of nitrogens with two attached hydrogens (primary N) is 1. The van der Waals surface area contributed by atoms with Gasteiger partial charge in [0.2, 0.25) is 11.8 Å². The van der Waals surface area contributed by atoms with Crippen LogP contribution in [0, 0.1) is 0 Å². The highest BCUT2D eigenvalue weighted by molar-refractivity contribution is 5.97. The monoisotopic (exact) mass is 625 g/mol. The van der Waals surface area contributed by atoms with Gasteiger partial charge in [0.1, 0.15) is 18.3 Å². The van der Waals surface area contributed by atoms with E-state index < -0.39 is 23.8 Å². The standard InChI is InChI=1S/C31H39N5O4.BrH/c1-35(2)26-16-19-36(20-17-26)18-8-3-4-9-21-40-27-14-12-25(13-15-27)31(39)33-23-29(37)34-28(30(32)38)22-24-10-6-5-7-11-24;/h5-7,10-17,19-20,28H,3-4,8-9,18,21-23H2,1-2H3,(H3-,32,33,34,37,38,39);1H. The van der Waals surface area contributed by atoms with Crippen molar-refractivity contribution in [2.45, 2.75) is 44.7 Å². The number of halogens is 1. The fraction of sp³-hybridized carbons (Fsp3) is 0.355. The number of unbranched alkanes of at least 4 members (excludes halogenated alkanes) is 3. The molecule has 2 aromatic carbocycles. The molecule has 0 saturated carbocycles. The molecule has 9 nitrogen and oxygen atoms in total. The van der Waals surface area contributed by atoms with Crippen molar-refractivity contribution in [2.75, 3.05) is 32.1 Å². The molecular weight excluding hydrogens is 586 g/mol. The maximum atomic E-state index is 12.5. The summed E-state index contributed by atoms with van der Waals surface area (Å²) in [6.07, 6.45) is 8.79. The number of benzene rings is 2. The molecule has 10 heteroatoms. The first-order valence-corrected chi connectivity index (χ1v) is 13.6. The highest BCUT2D eigenvalue weighted by Crippen LogP contribution is 2.13. The third-order valence-corrected chi connectivity index (χ3v) is 6.46. The molecule has 41 heavy (non-hydrogen) atoms. The molecule has 0 spiro atoms. The minimum Gasteiger partial charge on any atom is -1.00 e. The zero-order valence-electron chi connectivity index (χ0n) is 23.7. The number of carbonyl (C=O) groups excluding carboxylic acids is 3. The second-order valence-electron chi connectivity index (χ2n) is 9.87. The second kappa shape index (κ2) is 17.7. The van der Waals surface area contributed by atoms with Gasteiger partial charge in [0.25, 0.3) is 5.91 Å². The fourth-order valence-electron chi connectivity index (χ4n) is 4.12. The van der Waals surface area contributed by atoms with Crippen molar-refractivity contribution < 1.29 is 40.7 Å². The smallest absolute Gasteiger partial charge is 0.251 e. The number of aromatic nitrogens is 1. The predicted molar refractivity (Wildman–Crippen MR) is 155 cm³/mol. The zero-order chi connectivity index (χ0) is 28.7. The van der Waals surface area contributed by atoms with Crippen LogP contribution in [0.4, 0.5) is 5.69 Å². The van der Waals surface area contributed by atoms with Crippen LogP contribution in [0.3, 0.4) is 0 Å². The summed E-state index contributed by atoms with van der Waals surface area (Å²) in [5, 5.41) is 5.15. The van der Waals surface area contributed by atoms with E-state index in [1.54, 1.807) is 24.3 Å². The van der Waals surface area contributed by atoms with Crippen molar-refractivity contribution in [3.8, 4) is 5.75 Å². The Kier molecular flexibility index (Phi) is 14.4. The number of nitrogens with one attached hydrogen (secondary N) is 2. The minimum absolute atomic E-state index is 0. The van der Waals surface area contributed by atoms with Crippen molar-refractivity contribution in [3.63, 3.8) is 0 Å². The summed E-state index contributed by atoms with van der Waals surface area (Å²) in [6, 6.07) is 19.4. The fourth-order valence-corrected chi connectivity index (χ4v) is 4.12. The Morgan fingerprint density at radius 3 is 2.20 bits per heavy atom. The summed E-state index contributed by atoms with van der Waals surface area (Å²) in [5.74, 6) is -0.830. The highest BCUT2D eigenvalue weighted by Gasteiger charge is 2.19. The van der Waals surface area contributed by atoms with Crippen molar-refractivity contribution in [2.24, 2.45) is 5.73 Å². The number of hydrogen-bond donors (Lipinski definition) is 3. The lowest BCUT2D eigenvalue weighted by molar-refractivity contribution is -0.697. The lowest BCUT2D eigenvalue weighted by Crippen LogP contribution is -3.00. The number of rotatable bonds is 16. The molecule has 3 rings (SSSR count). The summed E-state index contributed by atoms with van der Waals surface area (Å²) in [5.41, 5.74) is 7.91. The maximum Gasteiger partial charge on any atom is 0.251 e. The lowest BCUT2D eigenvalue weighted by atomic mass is 10.1. The number of amides is 3. The van der Waals surface area contributed by atoms with Gasteiger partial charge in [-0.3, -0.25) is 14.4 Å². The van der Waals surface area contributed by atoms with Crippen molar-refractivity contribution >= 4 is 23.4 Å². The molecule has 4 N–H and O–H groups in total. The molecule has 220 valence electrons. The number of nitrogens with zero attached hydrogens (tertiary/aromatic N) is 2. The van der Waals surface area contributed by atoms with Crippen LogP contribution in [-0.2, 0) is 22.6 Å². The van der Waals surface area contributed by atoms with E-state index in [2.05, 4.69) is 44.6 Å². The van der Waals surface area contributed by atoms with Crippen LogP contribution in [0.2, 0.25) is 0 Å². The van der Waals surface area contributed by atoms with Crippen molar-refractivity contribution in [1.29, 1.82) is 0 Å². The topological polar surface area (TPSA) is 118 Å². The van der Waals surface area contributed by atoms with E-state index in [1.807, 2.05) is 44.4 Å². The quantitative estimate of drug-likeness (QED) is 0.148. The van der Waals surface area contributed by atoms with Gasteiger partial charge >= 0.3 is 0 Å². The van der Waals surface area contributed by atoms with Crippen molar-refractivity contribution in [1.82, 2.24) is 10.6 Å². The van der Waals surface area contributed by atoms with Crippen LogP contribution in [0.1, 0.15) is 41.6 Å². The highest BCUT2D eigenvalue weighted by atomic mass is 79.9. The molecule has 1 atom stereocenters. The summed E-state index contributed by atoms with van der Waals surface area (Å²) in [6.45, 7) is 1.34. The molecule has 1 aromatic heterocycles. The Bertz CT molecular complexity index is 1220. The molecule has 0 aliphatic rings. The molecule has 3 amide bonds. The van der Waals surface area contributed by atoms with E-state index in [4.69, 9.17) is 10.5 Å². The average molecular weight is 627 g/mol. The summed E-state index contributed by atoms with van der Waals surface area (Å²) >= 11 is 0. The molecule has 0 radical (unpaired) electrons. The van der Waals surface area contributed by atoms with Crippen LogP contribution < -0.4 is 47.6 Å². The lowest BCUT2D eigenvalue weighted by Gasteiger charge is -2.16. The Morgan fingerprint density at radius 2 is 1.56 bits per heavy atom. The molecule has 0 saturated heterocycles. The van der Waals surface area contributed by atoms with Crippen LogP contribution in [0.15, 0.2) is 79.1 Å². The first-order chi connectivity index (χ1) is 19.3. The SMILES string of the molecule is CN(C)c1cc[n+](CCCCCCOc2ccc(C(=O)NCC(=O)NC(Cc3ccccc3)C(N)=O)cc2)cc1.[Br-].